The van der Waals surface area contributed by atoms with Crippen LogP contribution >= 0.6 is 11.3 Å². The van der Waals surface area contributed by atoms with E-state index in [0.29, 0.717) is 5.56 Å². The number of aromatic nitrogens is 2. The molecule has 0 unspecified atom stereocenters. The molecule has 0 aliphatic carbocycles. The van der Waals surface area contributed by atoms with Crippen molar-refractivity contribution in [2.45, 2.75) is 30.1 Å². The number of hydrogen-bond donors (Lipinski definition) is 2. The van der Waals surface area contributed by atoms with Crippen molar-refractivity contribution in [3.05, 3.63) is 35.4 Å². The first kappa shape index (κ1) is 18.9. The fraction of sp³-hybridized carbons (Fsp3) is 0.438. The zero-order valence-corrected chi connectivity index (χ0v) is 16.2. The smallest absolute Gasteiger partial charge is 0.270 e. The number of sulfonamides is 1. The van der Waals surface area contributed by atoms with Gasteiger partial charge in [0.1, 0.15) is 0 Å². The van der Waals surface area contributed by atoms with E-state index in [1.807, 2.05) is 26.1 Å². The van der Waals surface area contributed by atoms with Crippen molar-refractivity contribution >= 4 is 32.4 Å². The normalized spacial score (nSPS) is 16.5. The number of hydrogen-bond acceptors (Lipinski definition) is 7. The average Bonchev–Trinajstić information content (AvgIpc) is 3.06. The Morgan fingerprint density at radius 1 is 1.23 bits per heavy atom. The summed E-state index contributed by atoms with van der Waals surface area (Å²) in [6.07, 6.45) is 1.51. The van der Waals surface area contributed by atoms with Crippen LogP contribution in [0.4, 0.5) is 5.13 Å². The number of aryl methyl sites for hydroxylation is 1. The van der Waals surface area contributed by atoms with Gasteiger partial charge in [-0.25, -0.2) is 13.1 Å². The van der Waals surface area contributed by atoms with Crippen LogP contribution in [0.15, 0.2) is 28.6 Å². The van der Waals surface area contributed by atoms with Crippen LogP contribution in [-0.2, 0) is 10.0 Å². The molecule has 26 heavy (non-hydrogen) atoms. The number of carbonyl (C=O) groups is 1. The number of anilines is 1. The van der Waals surface area contributed by atoms with Crippen molar-refractivity contribution in [1.82, 2.24) is 19.8 Å². The van der Waals surface area contributed by atoms with Gasteiger partial charge in [0.15, 0.2) is 0 Å². The number of piperidine rings is 1. The van der Waals surface area contributed by atoms with E-state index in [-0.39, 0.29) is 21.4 Å². The predicted octanol–water partition coefficient (Wildman–Crippen LogP) is 1.47. The molecule has 1 aromatic heterocycles. The number of carbonyl (C=O) groups excluding carboxylic acids is 1. The van der Waals surface area contributed by atoms with Crippen LogP contribution in [0.25, 0.3) is 0 Å². The first-order valence-corrected chi connectivity index (χ1v) is 10.6. The number of amides is 1. The lowest BCUT2D eigenvalue weighted by Crippen LogP contribution is -2.43. The summed E-state index contributed by atoms with van der Waals surface area (Å²) < 4.78 is 27.5. The molecule has 1 amide bonds. The summed E-state index contributed by atoms with van der Waals surface area (Å²) in [7, 11) is -1.73. The molecule has 2 heterocycles. The zero-order chi connectivity index (χ0) is 18.7. The Kier molecular flexibility index (Phi) is 5.66. The van der Waals surface area contributed by atoms with Gasteiger partial charge in [-0.3, -0.25) is 10.1 Å². The number of benzene rings is 1. The van der Waals surface area contributed by atoms with E-state index in [9.17, 15) is 13.2 Å². The average molecular weight is 396 g/mol. The second-order valence-corrected chi connectivity index (χ2v) is 9.21. The fourth-order valence-electron chi connectivity index (χ4n) is 2.76. The highest BCUT2D eigenvalue weighted by atomic mass is 32.2. The Balaban J connectivity index is 1.67. The maximum atomic E-state index is 12.5. The molecule has 140 valence electrons. The van der Waals surface area contributed by atoms with E-state index in [0.717, 1.165) is 42.8 Å². The molecule has 1 aliphatic rings. The maximum absolute atomic E-state index is 12.5. The van der Waals surface area contributed by atoms with Crippen LogP contribution in [-0.4, -0.2) is 55.6 Å². The van der Waals surface area contributed by atoms with Crippen molar-refractivity contribution in [3.8, 4) is 0 Å². The van der Waals surface area contributed by atoms with E-state index in [1.54, 1.807) is 12.1 Å². The van der Waals surface area contributed by atoms with E-state index in [1.165, 1.54) is 0 Å². The second-order valence-electron chi connectivity index (χ2n) is 6.34. The third-order valence-electron chi connectivity index (χ3n) is 4.29. The largest absolute Gasteiger partial charge is 0.306 e. The Labute approximate surface area is 156 Å². The molecule has 1 aliphatic heterocycles. The molecule has 2 aromatic rings. The number of likely N-dealkylation sites (tertiary alicyclic amines) is 1. The summed E-state index contributed by atoms with van der Waals surface area (Å²) in [5.41, 5.74) is 1.34. The van der Waals surface area contributed by atoms with E-state index < -0.39 is 10.0 Å². The van der Waals surface area contributed by atoms with E-state index in [2.05, 4.69) is 25.1 Å². The highest BCUT2D eigenvalue weighted by molar-refractivity contribution is 7.91. The molecule has 0 bridgehead atoms. The van der Waals surface area contributed by atoms with Crippen molar-refractivity contribution in [1.29, 1.82) is 0 Å². The Morgan fingerprint density at radius 2 is 1.92 bits per heavy atom. The molecule has 1 saturated heterocycles. The SMILES string of the molecule is Cc1ccccc1C(=O)Nc1nnc(S(=O)(=O)NC2CCN(C)CC2)s1. The van der Waals surface area contributed by atoms with Crippen LogP contribution in [0.3, 0.4) is 0 Å². The van der Waals surface area contributed by atoms with Crippen LogP contribution in [0.5, 0.6) is 0 Å². The van der Waals surface area contributed by atoms with Gasteiger partial charge in [-0.05, 0) is 51.5 Å². The molecular formula is C16H21N5O3S2. The van der Waals surface area contributed by atoms with Crippen LogP contribution in [0, 0.1) is 6.92 Å². The summed E-state index contributed by atoms with van der Waals surface area (Å²) >= 11 is 0.843. The van der Waals surface area contributed by atoms with Gasteiger partial charge in [-0.1, -0.05) is 29.5 Å². The summed E-state index contributed by atoms with van der Waals surface area (Å²) in [6.45, 7) is 3.53. The third-order valence-corrected chi connectivity index (χ3v) is 7.01. The minimum absolute atomic E-state index is 0.106. The lowest BCUT2D eigenvalue weighted by Gasteiger charge is -2.28. The lowest BCUT2D eigenvalue weighted by atomic mass is 10.1. The highest BCUT2D eigenvalue weighted by Crippen LogP contribution is 2.22. The third kappa shape index (κ3) is 4.44. The predicted molar refractivity (Wildman–Crippen MR) is 99.9 cm³/mol. The van der Waals surface area contributed by atoms with Crippen LogP contribution in [0.2, 0.25) is 0 Å². The molecule has 0 spiro atoms. The van der Waals surface area contributed by atoms with Gasteiger partial charge >= 0.3 is 0 Å². The van der Waals surface area contributed by atoms with Crippen molar-refractivity contribution in [2.75, 3.05) is 25.5 Å². The molecular weight excluding hydrogens is 374 g/mol. The minimum Gasteiger partial charge on any atom is -0.306 e. The zero-order valence-electron chi connectivity index (χ0n) is 14.6. The molecule has 2 N–H and O–H groups in total. The van der Waals surface area contributed by atoms with Crippen LogP contribution < -0.4 is 10.0 Å². The molecule has 10 heteroatoms. The van der Waals surface area contributed by atoms with E-state index >= 15 is 0 Å². The fourth-order valence-corrected chi connectivity index (χ4v) is 4.97. The van der Waals surface area contributed by atoms with Crippen molar-refractivity contribution < 1.29 is 13.2 Å². The Hall–Kier alpha value is -1.88. The number of rotatable bonds is 5. The Bertz CT molecular complexity index is 889. The van der Waals surface area contributed by atoms with Crippen molar-refractivity contribution in [2.24, 2.45) is 0 Å². The summed E-state index contributed by atoms with van der Waals surface area (Å²) in [6, 6.07) is 7.03. The summed E-state index contributed by atoms with van der Waals surface area (Å²) in [4.78, 5) is 14.5. The minimum atomic E-state index is -3.74. The van der Waals surface area contributed by atoms with Gasteiger partial charge in [0.05, 0.1) is 0 Å². The lowest BCUT2D eigenvalue weighted by molar-refractivity contribution is 0.102. The summed E-state index contributed by atoms with van der Waals surface area (Å²) in [5, 5.41) is 10.3. The van der Waals surface area contributed by atoms with Gasteiger partial charge in [0.25, 0.3) is 15.9 Å². The molecule has 1 aromatic carbocycles. The van der Waals surface area contributed by atoms with Gasteiger partial charge < -0.3 is 4.90 Å². The monoisotopic (exact) mass is 395 g/mol. The van der Waals surface area contributed by atoms with Crippen LogP contribution in [0.1, 0.15) is 28.8 Å². The topological polar surface area (TPSA) is 104 Å². The first-order valence-electron chi connectivity index (χ1n) is 8.26. The first-order chi connectivity index (χ1) is 12.3. The molecule has 3 rings (SSSR count). The highest BCUT2D eigenvalue weighted by Gasteiger charge is 2.26. The molecule has 0 atom stereocenters. The number of nitrogens with one attached hydrogen (secondary N) is 2. The van der Waals surface area contributed by atoms with Gasteiger partial charge in [0, 0.05) is 11.6 Å². The van der Waals surface area contributed by atoms with Gasteiger partial charge in [0.2, 0.25) is 9.47 Å². The van der Waals surface area contributed by atoms with Crippen molar-refractivity contribution in [3.63, 3.8) is 0 Å². The quantitative estimate of drug-likeness (QED) is 0.743. The van der Waals surface area contributed by atoms with E-state index in [4.69, 9.17) is 0 Å². The van der Waals surface area contributed by atoms with Gasteiger partial charge in [-0.2, -0.15) is 0 Å². The van der Waals surface area contributed by atoms with Gasteiger partial charge in [-0.15, -0.1) is 10.2 Å². The molecule has 0 radical (unpaired) electrons. The maximum Gasteiger partial charge on any atom is 0.270 e. The standard InChI is InChI=1S/C16H21N5O3S2/c1-11-5-3-4-6-13(11)14(22)17-15-18-19-16(25-15)26(23,24)20-12-7-9-21(2)10-8-12/h3-6,12,20H,7-10H2,1-2H3,(H,17,18,22). The second kappa shape index (κ2) is 7.78. The molecule has 1 fully saturated rings. The molecule has 8 nitrogen and oxygen atoms in total. The number of nitrogens with zero attached hydrogens (tertiary/aromatic N) is 3. The Morgan fingerprint density at radius 3 is 2.62 bits per heavy atom. The summed E-state index contributed by atoms with van der Waals surface area (Å²) in [5.74, 6) is -0.341. The molecule has 0 saturated carbocycles.